The molecule has 3 rings (SSSR count). The Morgan fingerprint density at radius 2 is 2.00 bits per heavy atom. The third-order valence-corrected chi connectivity index (χ3v) is 5.18. The van der Waals surface area contributed by atoms with Crippen molar-refractivity contribution in [2.45, 2.75) is 44.9 Å². The van der Waals surface area contributed by atoms with Crippen molar-refractivity contribution < 1.29 is 19.1 Å². The summed E-state index contributed by atoms with van der Waals surface area (Å²) in [5, 5.41) is 0. The lowest BCUT2D eigenvalue weighted by atomic mass is 9.80. The molecule has 0 radical (unpaired) electrons. The summed E-state index contributed by atoms with van der Waals surface area (Å²) in [5.41, 5.74) is 1.32. The Bertz CT molecular complexity index is 611. The highest BCUT2D eigenvalue weighted by molar-refractivity contribution is 5.94. The Morgan fingerprint density at radius 1 is 1.20 bits per heavy atom. The van der Waals surface area contributed by atoms with E-state index in [1.165, 1.54) is 24.8 Å². The molecule has 2 fully saturated rings. The van der Waals surface area contributed by atoms with Crippen molar-refractivity contribution in [2.75, 3.05) is 26.3 Å². The molecule has 1 saturated carbocycles. The first kappa shape index (κ1) is 17.8. The van der Waals surface area contributed by atoms with Crippen molar-refractivity contribution in [2.24, 2.45) is 5.92 Å². The average Bonchev–Trinajstić information content (AvgIpc) is 3.02. The Balaban J connectivity index is 1.47. The fourth-order valence-electron chi connectivity index (χ4n) is 3.52. The molecule has 1 saturated heterocycles. The lowest BCUT2D eigenvalue weighted by Gasteiger charge is -2.28. The molecule has 136 valence electrons. The molecule has 1 atom stereocenters. The number of nitrogens with zero attached hydrogens (tertiary/aromatic N) is 1. The molecule has 0 N–H and O–H groups in total. The first-order valence-corrected chi connectivity index (χ1v) is 9.32. The van der Waals surface area contributed by atoms with Crippen LogP contribution in [-0.2, 0) is 14.3 Å². The quantitative estimate of drug-likeness (QED) is 0.563. The minimum Gasteiger partial charge on any atom is -0.493 e. The predicted molar refractivity (Wildman–Crippen MR) is 94.5 cm³/mol. The number of ether oxygens (including phenoxy) is 2. The zero-order valence-electron chi connectivity index (χ0n) is 14.9. The van der Waals surface area contributed by atoms with Crippen LogP contribution in [0.3, 0.4) is 0 Å². The van der Waals surface area contributed by atoms with E-state index >= 15 is 0 Å². The van der Waals surface area contributed by atoms with Crippen LogP contribution in [0, 0.1) is 5.92 Å². The summed E-state index contributed by atoms with van der Waals surface area (Å²) in [5.74, 6) is 1.36. The Morgan fingerprint density at radius 3 is 2.72 bits per heavy atom. The van der Waals surface area contributed by atoms with E-state index in [2.05, 4.69) is 12.1 Å². The number of amides is 1. The van der Waals surface area contributed by atoms with Gasteiger partial charge in [0.2, 0.25) is 5.91 Å². The maximum Gasteiger partial charge on any atom is 0.315 e. The maximum atomic E-state index is 12.1. The summed E-state index contributed by atoms with van der Waals surface area (Å²) >= 11 is 0. The summed E-state index contributed by atoms with van der Waals surface area (Å²) in [6.07, 6.45) is 4.56. The van der Waals surface area contributed by atoms with Gasteiger partial charge >= 0.3 is 5.97 Å². The third-order valence-electron chi connectivity index (χ3n) is 5.18. The molecule has 2 aliphatic rings. The van der Waals surface area contributed by atoms with Gasteiger partial charge in [-0.05, 0) is 43.7 Å². The van der Waals surface area contributed by atoms with Gasteiger partial charge in [-0.2, -0.15) is 0 Å². The highest BCUT2D eigenvalue weighted by atomic mass is 16.5. The second-order valence-electron chi connectivity index (χ2n) is 6.95. The first-order chi connectivity index (χ1) is 12.2. The second kappa shape index (κ2) is 8.37. The van der Waals surface area contributed by atoms with Crippen LogP contribution in [0.1, 0.15) is 50.5 Å². The van der Waals surface area contributed by atoms with Crippen LogP contribution in [0.2, 0.25) is 0 Å². The molecule has 0 spiro atoms. The largest absolute Gasteiger partial charge is 0.493 e. The number of likely N-dealkylation sites (tertiary alicyclic amines) is 1. The Labute approximate surface area is 149 Å². The molecule has 5 heteroatoms. The number of carbonyl (C=O) groups excluding carboxylic acids is 2. The van der Waals surface area contributed by atoms with E-state index in [0.717, 1.165) is 12.2 Å². The van der Waals surface area contributed by atoms with E-state index in [4.69, 9.17) is 9.47 Å². The van der Waals surface area contributed by atoms with E-state index in [0.29, 0.717) is 38.1 Å². The third kappa shape index (κ3) is 4.53. The molecular weight excluding hydrogens is 318 g/mol. The number of carbonyl (C=O) groups is 2. The van der Waals surface area contributed by atoms with Crippen molar-refractivity contribution in [1.29, 1.82) is 0 Å². The molecule has 1 aliphatic carbocycles. The molecule has 5 nitrogen and oxygen atoms in total. The SMILES string of the molecule is CCOC(=O)CC(=O)N1CC[C@H](COc2ccccc2C2CCC2)C1. The Hall–Kier alpha value is -2.04. The zero-order chi connectivity index (χ0) is 17.6. The van der Waals surface area contributed by atoms with Gasteiger partial charge in [-0.1, -0.05) is 24.6 Å². The normalized spacial score (nSPS) is 20.2. The van der Waals surface area contributed by atoms with E-state index in [1.807, 2.05) is 12.1 Å². The molecule has 0 bridgehead atoms. The van der Waals surface area contributed by atoms with Gasteiger partial charge < -0.3 is 14.4 Å². The summed E-state index contributed by atoms with van der Waals surface area (Å²) in [6, 6.07) is 8.31. The minimum atomic E-state index is -0.443. The van der Waals surface area contributed by atoms with Crippen molar-refractivity contribution >= 4 is 11.9 Å². The van der Waals surface area contributed by atoms with Crippen LogP contribution in [0.4, 0.5) is 0 Å². The predicted octanol–water partition coefficient (Wildman–Crippen LogP) is 3.13. The minimum absolute atomic E-state index is 0.143. The van der Waals surface area contributed by atoms with Crippen LogP contribution >= 0.6 is 0 Å². The topological polar surface area (TPSA) is 55.8 Å². The molecule has 25 heavy (non-hydrogen) atoms. The summed E-state index contributed by atoms with van der Waals surface area (Å²) in [6.45, 7) is 4.02. The first-order valence-electron chi connectivity index (χ1n) is 9.32. The van der Waals surface area contributed by atoms with Crippen molar-refractivity contribution in [3.8, 4) is 5.75 Å². The van der Waals surface area contributed by atoms with Gasteiger partial charge in [0, 0.05) is 19.0 Å². The second-order valence-corrected chi connectivity index (χ2v) is 6.95. The van der Waals surface area contributed by atoms with Gasteiger partial charge in [0.25, 0.3) is 0 Å². The number of hydrogen-bond acceptors (Lipinski definition) is 4. The van der Waals surface area contributed by atoms with Gasteiger partial charge in [-0.15, -0.1) is 0 Å². The highest BCUT2D eigenvalue weighted by Crippen LogP contribution is 2.40. The average molecular weight is 345 g/mol. The molecule has 0 aromatic heterocycles. The molecule has 1 amide bonds. The fourth-order valence-corrected chi connectivity index (χ4v) is 3.52. The summed E-state index contributed by atoms with van der Waals surface area (Å²) in [4.78, 5) is 25.3. The smallest absolute Gasteiger partial charge is 0.315 e. The molecule has 1 heterocycles. The number of rotatable bonds is 7. The number of esters is 1. The van der Waals surface area contributed by atoms with E-state index in [1.54, 1.807) is 11.8 Å². The molecule has 1 aromatic carbocycles. The number of benzene rings is 1. The lowest BCUT2D eigenvalue weighted by Crippen LogP contribution is -2.31. The van der Waals surface area contributed by atoms with Crippen molar-refractivity contribution in [3.63, 3.8) is 0 Å². The number of hydrogen-bond donors (Lipinski definition) is 0. The van der Waals surface area contributed by atoms with Crippen molar-refractivity contribution in [1.82, 2.24) is 4.90 Å². The number of para-hydroxylation sites is 1. The van der Waals surface area contributed by atoms with E-state index in [9.17, 15) is 9.59 Å². The highest BCUT2D eigenvalue weighted by Gasteiger charge is 2.29. The van der Waals surface area contributed by atoms with E-state index in [-0.39, 0.29) is 12.3 Å². The molecule has 1 aliphatic heterocycles. The maximum absolute atomic E-state index is 12.1. The van der Waals surface area contributed by atoms with Gasteiger partial charge in [-0.3, -0.25) is 9.59 Å². The molecular formula is C20H27NO4. The van der Waals surface area contributed by atoms with Gasteiger partial charge in [0.15, 0.2) is 0 Å². The Kier molecular flexibility index (Phi) is 5.95. The lowest BCUT2D eigenvalue weighted by molar-refractivity contribution is -0.148. The van der Waals surface area contributed by atoms with Gasteiger partial charge in [0.05, 0.1) is 13.2 Å². The van der Waals surface area contributed by atoms with E-state index < -0.39 is 5.97 Å². The fraction of sp³-hybridized carbons (Fsp3) is 0.600. The van der Waals surface area contributed by atoms with Gasteiger partial charge in [-0.25, -0.2) is 0 Å². The standard InChI is InChI=1S/C20H27NO4/c1-2-24-20(23)12-19(22)21-11-10-15(13-21)14-25-18-9-4-3-8-17(18)16-6-5-7-16/h3-4,8-9,15-16H,2,5-7,10-14H2,1H3/t15-/m0/s1. The van der Waals surface area contributed by atoms with Crippen LogP contribution in [0.25, 0.3) is 0 Å². The molecule has 0 unspecified atom stereocenters. The summed E-state index contributed by atoms with van der Waals surface area (Å²) < 4.78 is 10.9. The molecule has 1 aromatic rings. The summed E-state index contributed by atoms with van der Waals surface area (Å²) in [7, 11) is 0. The van der Waals surface area contributed by atoms with Crippen LogP contribution < -0.4 is 4.74 Å². The van der Waals surface area contributed by atoms with Crippen molar-refractivity contribution in [3.05, 3.63) is 29.8 Å². The van der Waals surface area contributed by atoms with Crippen LogP contribution in [-0.4, -0.2) is 43.1 Å². The zero-order valence-corrected chi connectivity index (χ0v) is 14.9. The monoisotopic (exact) mass is 345 g/mol. The van der Waals surface area contributed by atoms with Crippen LogP contribution in [0.5, 0.6) is 5.75 Å². The van der Waals surface area contributed by atoms with Crippen LogP contribution in [0.15, 0.2) is 24.3 Å². The van der Waals surface area contributed by atoms with Gasteiger partial charge in [0.1, 0.15) is 12.2 Å².